The zero-order chi connectivity index (χ0) is 10.4. The summed E-state index contributed by atoms with van der Waals surface area (Å²) in [6.45, 7) is 0. The van der Waals surface area contributed by atoms with E-state index in [9.17, 15) is 4.79 Å². The van der Waals surface area contributed by atoms with Gasteiger partial charge in [0.1, 0.15) is 5.56 Å². The summed E-state index contributed by atoms with van der Waals surface area (Å²) < 4.78 is 5.10. The Balaban J connectivity index is 1.97. The standard InChI is InChI=1S/C11H11NO3/c13-11(14)9-5-12-15-10(9)8-4-6-1-2-7(8)3-6/h1-2,5-8H,3-4H2,(H,13,14). The molecule has 2 aliphatic carbocycles. The van der Waals surface area contributed by atoms with E-state index in [1.54, 1.807) is 0 Å². The first kappa shape index (κ1) is 8.71. The first-order valence-electron chi connectivity index (χ1n) is 5.12. The number of rotatable bonds is 2. The SMILES string of the molecule is O=C(O)c1cnoc1C1CC2C=CC1C2. The predicted molar refractivity (Wildman–Crippen MR) is 51.6 cm³/mol. The van der Waals surface area contributed by atoms with E-state index in [1.165, 1.54) is 6.20 Å². The number of carbonyl (C=O) groups is 1. The lowest BCUT2D eigenvalue weighted by Gasteiger charge is -2.14. The molecule has 1 aromatic heterocycles. The molecule has 2 aliphatic rings. The highest BCUT2D eigenvalue weighted by atomic mass is 16.5. The lowest BCUT2D eigenvalue weighted by Crippen LogP contribution is -2.08. The van der Waals surface area contributed by atoms with Gasteiger partial charge in [-0.1, -0.05) is 17.3 Å². The van der Waals surface area contributed by atoms with Crippen LogP contribution < -0.4 is 0 Å². The van der Waals surface area contributed by atoms with Gasteiger partial charge >= 0.3 is 5.97 Å². The second-order valence-corrected chi connectivity index (χ2v) is 4.30. The fourth-order valence-electron chi connectivity index (χ4n) is 2.76. The van der Waals surface area contributed by atoms with Crippen molar-refractivity contribution in [1.29, 1.82) is 0 Å². The maximum absolute atomic E-state index is 10.9. The van der Waals surface area contributed by atoms with Crippen molar-refractivity contribution in [2.45, 2.75) is 18.8 Å². The van der Waals surface area contributed by atoms with Crippen molar-refractivity contribution in [3.05, 3.63) is 29.7 Å². The fraction of sp³-hybridized carbons (Fsp3) is 0.455. The molecule has 0 aromatic carbocycles. The molecule has 0 aliphatic heterocycles. The van der Waals surface area contributed by atoms with Gasteiger partial charge < -0.3 is 9.63 Å². The maximum Gasteiger partial charge on any atom is 0.340 e. The highest BCUT2D eigenvalue weighted by Crippen LogP contribution is 2.49. The summed E-state index contributed by atoms with van der Waals surface area (Å²) in [4.78, 5) is 10.9. The van der Waals surface area contributed by atoms with E-state index in [0.29, 0.717) is 17.6 Å². The largest absolute Gasteiger partial charge is 0.478 e. The van der Waals surface area contributed by atoms with Crippen LogP contribution in [0.15, 0.2) is 22.9 Å². The normalized spacial score (nSPS) is 32.4. The molecular formula is C11H11NO3. The zero-order valence-corrected chi connectivity index (χ0v) is 8.09. The quantitative estimate of drug-likeness (QED) is 0.750. The summed E-state index contributed by atoms with van der Waals surface area (Å²) in [5.41, 5.74) is 0.223. The van der Waals surface area contributed by atoms with E-state index >= 15 is 0 Å². The lowest BCUT2D eigenvalue weighted by molar-refractivity contribution is 0.0693. The van der Waals surface area contributed by atoms with Crippen LogP contribution in [0.4, 0.5) is 0 Å². The van der Waals surface area contributed by atoms with Gasteiger partial charge in [-0.3, -0.25) is 0 Å². The van der Waals surface area contributed by atoms with Gasteiger partial charge in [-0.15, -0.1) is 0 Å². The van der Waals surface area contributed by atoms with Gasteiger partial charge in [-0.25, -0.2) is 4.79 Å². The molecule has 4 heteroatoms. The number of carboxylic acid groups (broad SMARTS) is 1. The van der Waals surface area contributed by atoms with E-state index in [-0.39, 0.29) is 11.5 Å². The third kappa shape index (κ3) is 1.21. The van der Waals surface area contributed by atoms with Crippen molar-refractivity contribution in [2.75, 3.05) is 0 Å². The second-order valence-electron chi connectivity index (χ2n) is 4.30. The van der Waals surface area contributed by atoms with Gasteiger partial charge in [0.05, 0.1) is 6.20 Å². The molecule has 1 saturated carbocycles. The third-order valence-corrected chi connectivity index (χ3v) is 3.44. The molecule has 3 rings (SSSR count). The van der Waals surface area contributed by atoms with E-state index in [2.05, 4.69) is 17.3 Å². The Kier molecular flexibility index (Phi) is 1.71. The molecule has 1 fully saturated rings. The Labute approximate surface area is 86.6 Å². The highest BCUT2D eigenvalue weighted by molar-refractivity contribution is 5.88. The van der Waals surface area contributed by atoms with E-state index in [1.807, 2.05) is 0 Å². The van der Waals surface area contributed by atoms with Crippen LogP contribution >= 0.6 is 0 Å². The average molecular weight is 205 g/mol. The number of allylic oxidation sites excluding steroid dienone is 2. The molecule has 1 heterocycles. The second kappa shape index (κ2) is 2.95. The van der Waals surface area contributed by atoms with Crippen molar-refractivity contribution in [3.8, 4) is 0 Å². The van der Waals surface area contributed by atoms with Crippen molar-refractivity contribution in [2.24, 2.45) is 11.8 Å². The van der Waals surface area contributed by atoms with Crippen LogP contribution in [0.3, 0.4) is 0 Å². The van der Waals surface area contributed by atoms with E-state index in [4.69, 9.17) is 9.63 Å². The molecule has 0 radical (unpaired) electrons. The first-order valence-corrected chi connectivity index (χ1v) is 5.12. The van der Waals surface area contributed by atoms with E-state index in [0.717, 1.165) is 12.8 Å². The van der Waals surface area contributed by atoms with Crippen LogP contribution in [-0.2, 0) is 0 Å². The van der Waals surface area contributed by atoms with Crippen molar-refractivity contribution in [1.82, 2.24) is 5.16 Å². The topological polar surface area (TPSA) is 63.3 Å². The summed E-state index contributed by atoms with van der Waals surface area (Å²) >= 11 is 0. The first-order chi connectivity index (χ1) is 7.25. The molecule has 3 atom stereocenters. The highest BCUT2D eigenvalue weighted by Gasteiger charge is 2.40. The molecular weight excluding hydrogens is 194 g/mol. The molecule has 1 N–H and O–H groups in total. The number of hydrogen-bond acceptors (Lipinski definition) is 3. The van der Waals surface area contributed by atoms with Crippen LogP contribution in [0.5, 0.6) is 0 Å². The van der Waals surface area contributed by atoms with Gasteiger partial charge in [-0.2, -0.15) is 0 Å². The van der Waals surface area contributed by atoms with Crippen LogP contribution in [0, 0.1) is 11.8 Å². The number of aromatic nitrogens is 1. The Morgan fingerprint density at radius 2 is 2.33 bits per heavy atom. The summed E-state index contributed by atoms with van der Waals surface area (Å²) in [5, 5.41) is 12.6. The van der Waals surface area contributed by atoms with Gasteiger partial charge in [0, 0.05) is 5.92 Å². The van der Waals surface area contributed by atoms with Crippen LogP contribution in [-0.4, -0.2) is 16.2 Å². The maximum atomic E-state index is 10.9. The van der Waals surface area contributed by atoms with Crippen LogP contribution in [0.25, 0.3) is 0 Å². The summed E-state index contributed by atoms with van der Waals surface area (Å²) in [5.74, 6) is 0.874. The Morgan fingerprint density at radius 3 is 2.93 bits per heavy atom. The molecule has 15 heavy (non-hydrogen) atoms. The zero-order valence-electron chi connectivity index (χ0n) is 8.09. The Hall–Kier alpha value is -1.58. The predicted octanol–water partition coefficient (Wildman–Crippen LogP) is 2.05. The molecule has 3 unspecified atom stereocenters. The lowest BCUT2D eigenvalue weighted by atomic mass is 9.89. The molecule has 0 amide bonds. The number of nitrogens with zero attached hydrogens (tertiary/aromatic N) is 1. The van der Waals surface area contributed by atoms with Crippen molar-refractivity contribution < 1.29 is 14.4 Å². The van der Waals surface area contributed by atoms with Gasteiger partial charge in [-0.05, 0) is 24.7 Å². The van der Waals surface area contributed by atoms with Gasteiger partial charge in [0.25, 0.3) is 0 Å². The molecule has 0 saturated heterocycles. The minimum Gasteiger partial charge on any atom is -0.478 e. The average Bonchev–Trinajstić information content (AvgIpc) is 2.92. The minimum absolute atomic E-state index is 0.216. The molecule has 78 valence electrons. The van der Waals surface area contributed by atoms with Gasteiger partial charge in [0.2, 0.25) is 0 Å². The molecule has 2 bridgehead atoms. The minimum atomic E-state index is -0.946. The molecule has 0 spiro atoms. The molecule has 4 nitrogen and oxygen atoms in total. The number of fused-ring (bicyclic) bond motifs is 2. The smallest absolute Gasteiger partial charge is 0.340 e. The van der Waals surface area contributed by atoms with Crippen LogP contribution in [0.2, 0.25) is 0 Å². The summed E-state index contributed by atoms with van der Waals surface area (Å²) in [6.07, 6.45) is 7.82. The van der Waals surface area contributed by atoms with Crippen molar-refractivity contribution >= 4 is 5.97 Å². The van der Waals surface area contributed by atoms with E-state index < -0.39 is 5.97 Å². The fourth-order valence-corrected chi connectivity index (χ4v) is 2.76. The van der Waals surface area contributed by atoms with Crippen LogP contribution in [0.1, 0.15) is 34.9 Å². The number of carboxylic acids is 1. The summed E-state index contributed by atoms with van der Waals surface area (Å²) in [6, 6.07) is 0. The van der Waals surface area contributed by atoms with Crippen molar-refractivity contribution in [3.63, 3.8) is 0 Å². The molecule has 1 aromatic rings. The monoisotopic (exact) mass is 205 g/mol. The summed E-state index contributed by atoms with van der Waals surface area (Å²) in [7, 11) is 0. The Bertz CT molecular complexity index is 435. The number of aromatic carboxylic acids is 1. The Morgan fingerprint density at radius 1 is 1.47 bits per heavy atom. The number of hydrogen-bond donors (Lipinski definition) is 1. The third-order valence-electron chi connectivity index (χ3n) is 3.44. The van der Waals surface area contributed by atoms with Gasteiger partial charge in [0.15, 0.2) is 5.76 Å².